The maximum atomic E-state index is 13.3. The van der Waals surface area contributed by atoms with E-state index >= 15 is 0 Å². The Kier molecular flexibility index (Phi) is 3.98. The molecule has 0 radical (unpaired) electrons. The molecule has 0 atom stereocenters. The van der Waals surface area contributed by atoms with Gasteiger partial charge in [0.1, 0.15) is 5.82 Å². The Balaban J connectivity index is 2.28. The minimum Gasteiger partial charge on any atom is -0.370 e. The maximum Gasteiger partial charge on any atom is 0.123 e. The van der Waals surface area contributed by atoms with Crippen molar-refractivity contribution >= 4 is 5.69 Å². The average molecular weight is 265 g/mol. The summed E-state index contributed by atoms with van der Waals surface area (Å²) >= 11 is 0. The summed E-state index contributed by atoms with van der Waals surface area (Å²) < 4.78 is 13.3. The van der Waals surface area contributed by atoms with Crippen LogP contribution in [0, 0.1) is 28.5 Å². The standard InChI is InChI=1S/C16H12FN3/c1-20(16-4-2-3-12(7-16)9-18)11-14-8-15(17)6-5-13(14)10-19/h2-8H,11H2,1H3. The van der Waals surface area contributed by atoms with Gasteiger partial charge in [0.25, 0.3) is 0 Å². The van der Waals surface area contributed by atoms with Crippen molar-refractivity contribution in [2.24, 2.45) is 0 Å². The zero-order chi connectivity index (χ0) is 14.5. The Labute approximate surface area is 117 Å². The minimum absolute atomic E-state index is 0.363. The average Bonchev–Trinajstić information content (AvgIpc) is 2.47. The molecule has 20 heavy (non-hydrogen) atoms. The zero-order valence-corrected chi connectivity index (χ0v) is 11.0. The van der Waals surface area contributed by atoms with Crippen LogP contribution in [0.15, 0.2) is 42.5 Å². The lowest BCUT2D eigenvalue weighted by Crippen LogP contribution is -2.17. The van der Waals surface area contributed by atoms with Crippen LogP contribution < -0.4 is 4.90 Å². The highest BCUT2D eigenvalue weighted by atomic mass is 19.1. The summed E-state index contributed by atoms with van der Waals surface area (Å²) in [6.07, 6.45) is 0. The predicted octanol–water partition coefficient (Wildman–Crippen LogP) is 3.21. The first-order chi connectivity index (χ1) is 9.63. The summed E-state index contributed by atoms with van der Waals surface area (Å²) in [6.45, 7) is 0.398. The molecule has 2 rings (SSSR count). The van der Waals surface area contributed by atoms with E-state index in [9.17, 15) is 4.39 Å². The lowest BCUT2D eigenvalue weighted by atomic mass is 10.1. The van der Waals surface area contributed by atoms with Gasteiger partial charge >= 0.3 is 0 Å². The summed E-state index contributed by atoms with van der Waals surface area (Å²) in [5.74, 6) is -0.363. The van der Waals surface area contributed by atoms with E-state index in [4.69, 9.17) is 10.5 Å². The van der Waals surface area contributed by atoms with E-state index in [2.05, 4.69) is 12.1 Å². The third-order valence-electron chi connectivity index (χ3n) is 3.01. The largest absolute Gasteiger partial charge is 0.370 e. The topological polar surface area (TPSA) is 50.8 Å². The molecule has 4 heteroatoms. The third-order valence-corrected chi connectivity index (χ3v) is 3.01. The smallest absolute Gasteiger partial charge is 0.123 e. The molecular formula is C16H12FN3. The quantitative estimate of drug-likeness (QED) is 0.856. The van der Waals surface area contributed by atoms with Crippen molar-refractivity contribution in [3.63, 3.8) is 0 Å². The van der Waals surface area contributed by atoms with Gasteiger partial charge in [-0.3, -0.25) is 0 Å². The number of hydrogen-bond donors (Lipinski definition) is 0. The monoisotopic (exact) mass is 265 g/mol. The molecule has 0 bridgehead atoms. The van der Waals surface area contributed by atoms with Crippen LogP contribution in [0.1, 0.15) is 16.7 Å². The molecule has 0 aliphatic carbocycles. The Bertz CT molecular complexity index is 710. The van der Waals surface area contributed by atoms with Crippen LogP contribution >= 0.6 is 0 Å². The number of nitriles is 2. The minimum atomic E-state index is -0.363. The summed E-state index contributed by atoms with van der Waals surface area (Å²) in [7, 11) is 1.84. The highest BCUT2D eigenvalue weighted by Crippen LogP contribution is 2.19. The summed E-state index contributed by atoms with van der Waals surface area (Å²) in [4.78, 5) is 1.87. The van der Waals surface area contributed by atoms with Crippen LogP contribution in [-0.2, 0) is 6.54 Å². The molecule has 98 valence electrons. The van der Waals surface area contributed by atoms with Gasteiger partial charge in [-0.2, -0.15) is 10.5 Å². The van der Waals surface area contributed by atoms with Crippen molar-refractivity contribution in [2.45, 2.75) is 6.54 Å². The second-order valence-electron chi connectivity index (χ2n) is 4.43. The van der Waals surface area contributed by atoms with Gasteiger partial charge in [-0.05, 0) is 42.0 Å². The normalized spacial score (nSPS) is 9.60. The Hall–Kier alpha value is -2.85. The van der Waals surface area contributed by atoms with Crippen molar-refractivity contribution < 1.29 is 4.39 Å². The van der Waals surface area contributed by atoms with E-state index in [1.807, 2.05) is 18.0 Å². The van der Waals surface area contributed by atoms with E-state index in [1.165, 1.54) is 18.2 Å². The second kappa shape index (κ2) is 5.86. The first kappa shape index (κ1) is 13.6. The molecule has 0 aromatic heterocycles. The molecule has 0 heterocycles. The van der Waals surface area contributed by atoms with Crippen molar-refractivity contribution in [1.29, 1.82) is 10.5 Å². The van der Waals surface area contributed by atoms with Gasteiger partial charge in [-0.25, -0.2) is 4.39 Å². The van der Waals surface area contributed by atoms with Crippen molar-refractivity contribution in [2.75, 3.05) is 11.9 Å². The molecule has 0 aliphatic rings. The molecule has 0 saturated heterocycles. The van der Waals surface area contributed by atoms with Gasteiger partial charge in [-0.15, -0.1) is 0 Å². The van der Waals surface area contributed by atoms with Crippen molar-refractivity contribution in [3.05, 3.63) is 65.0 Å². The zero-order valence-electron chi connectivity index (χ0n) is 11.0. The number of benzene rings is 2. The number of halogens is 1. The first-order valence-corrected chi connectivity index (χ1v) is 6.04. The SMILES string of the molecule is CN(Cc1cc(F)ccc1C#N)c1cccc(C#N)c1. The van der Waals surface area contributed by atoms with Gasteiger partial charge in [-0.1, -0.05) is 6.07 Å². The third kappa shape index (κ3) is 2.93. The van der Waals surface area contributed by atoms with Gasteiger partial charge < -0.3 is 4.90 Å². The van der Waals surface area contributed by atoms with E-state index in [1.54, 1.807) is 18.2 Å². The number of anilines is 1. The molecule has 0 amide bonds. The van der Waals surface area contributed by atoms with E-state index in [0.717, 1.165) is 5.69 Å². The van der Waals surface area contributed by atoms with Gasteiger partial charge in [0.05, 0.1) is 23.3 Å². The van der Waals surface area contributed by atoms with Crippen LogP contribution in [0.25, 0.3) is 0 Å². The van der Waals surface area contributed by atoms with Crippen LogP contribution in [0.3, 0.4) is 0 Å². The fraction of sp³-hybridized carbons (Fsp3) is 0.125. The van der Waals surface area contributed by atoms with E-state index < -0.39 is 0 Å². The molecule has 0 unspecified atom stereocenters. The van der Waals surface area contributed by atoms with Crippen LogP contribution in [0.4, 0.5) is 10.1 Å². The summed E-state index contributed by atoms with van der Waals surface area (Å²) in [6, 6.07) is 15.4. The lowest BCUT2D eigenvalue weighted by Gasteiger charge is -2.20. The highest BCUT2D eigenvalue weighted by molar-refractivity contribution is 5.52. The van der Waals surface area contributed by atoms with Crippen LogP contribution in [0.2, 0.25) is 0 Å². The fourth-order valence-electron chi connectivity index (χ4n) is 1.96. The predicted molar refractivity (Wildman–Crippen MR) is 74.4 cm³/mol. The molecule has 2 aromatic carbocycles. The molecule has 0 spiro atoms. The van der Waals surface area contributed by atoms with Gasteiger partial charge in [0, 0.05) is 19.3 Å². The second-order valence-corrected chi connectivity index (χ2v) is 4.43. The Morgan fingerprint density at radius 2 is 1.90 bits per heavy atom. The van der Waals surface area contributed by atoms with Crippen molar-refractivity contribution in [1.82, 2.24) is 0 Å². The number of nitrogens with zero attached hydrogens (tertiary/aromatic N) is 3. The number of hydrogen-bond acceptors (Lipinski definition) is 3. The van der Waals surface area contributed by atoms with Crippen molar-refractivity contribution in [3.8, 4) is 12.1 Å². The molecule has 2 aromatic rings. The van der Waals surface area contributed by atoms with E-state index in [0.29, 0.717) is 23.2 Å². The Morgan fingerprint density at radius 1 is 1.10 bits per heavy atom. The molecular weight excluding hydrogens is 253 g/mol. The molecule has 3 nitrogen and oxygen atoms in total. The Morgan fingerprint density at radius 3 is 2.60 bits per heavy atom. The number of rotatable bonds is 3. The first-order valence-electron chi connectivity index (χ1n) is 6.04. The van der Waals surface area contributed by atoms with Crippen LogP contribution in [0.5, 0.6) is 0 Å². The van der Waals surface area contributed by atoms with Gasteiger partial charge in [0.15, 0.2) is 0 Å². The lowest BCUT2D eigenvalue weighted by molar-refractivity contribution is 0.625. The van der Waals surface area contributed by atoms with Gasteiger partial charge in [0.2, 0.25) is 0 Å². The molecule has 0 N–H and O–H groups in total. The molecule has 0 aliphatic heterocycles. The summed E-state index contributed by atoms with van der Waals surface area (Å²) in [5, 5.41) is 17.9. The maximum absolute atomic E-state index is 13.3. The fourth-order valence-corrected chi connectivity index (χ4v) is 1.96. The van der Waals surface area contributed by atoms with E-state index in [-0.39, 0.29) is 5.82 Å². The molecule has 0 saturated carbocycles. The van der Waals surface area contributed by atoms with Crippen LogP contribution in [-0.4, -0.2) is 7.05 Å². The summed E-state index contributed by atoms with van der Waals surface area (Å²) in [5.41, 5.74) is 2.48. The highest BCUT2D eigenvalue weighted by Gasteiger charge is 2.08. The molecule has 0 fully saturated rings.